The molecule has 1 aromatic heterocycles. The first-order valence-electron chi connectivity index (χ1n) is 3.92. The first-order valence-corrected chi connectivity index (χ1v) is 4.30. The third kappa shape index (κ3) is 1.52. The number of carbonyl (C=O) groups excluding carboxylic acids is 1. The van der Waals surface area contributed by atoms with Crippen LogP contribution in [0.4, 0.5) is 0 Å². The minimum atomic E-state index is -0.306. The van der Waals surface area contributed by atoms with E-state index >= 15 is 0 Å². The highest BCUT2D eigenvalue weighted by Gasteiger charge is 2.39. The summed E-state index contributed by atoms with van der Waals surface area (Å²) >= 11 is 5.52. The van der Waals surface area contributed by atoms with Crippen LogP contribution in [0.3, 0.4) is 0 Å². The molecular weight excluding hydrogens is 204 g/mol. The molecule has 2 heterocycles. The minimum absolute atomic E-state index is 0.215. The summed E-state index contributed by atoms with van der Waals surface area (Å²) in [7, 11) is 0. The Kier molecular flexibility index (Phi) is 2.06. The molecule has 0 aromatic carbocycles. The zero-order chi connectivity index (χ0) is 10.1. The van der Waals surface area contributed by atoms with Crippen molar-refractivity contribution in [2.45, 2.75) is 6.04 Å². The molecule has 1 aliphatic heterocycles. The standard InChI is InChI=1S/C8H5ClN4O/c9-7-2-1-6(11-12-7)8(14)13-4-5(13)3-10/h1-2,5H,4H2. The maximum atomic E-state index is 11.5. The highest BCUT2D eigenvalue weighted by molar-refractivity contribution is 6.29. The zero-order valence-electron chi connectivity index (χ0n) is 7.01. The molecule has 0 saturated carbocycles. The molecule has 14 heavy (non-hydrogen) atoms. The van der Waals surface area contributed by atoms with Crippen molar-refractivity contribution in [2.75, 3.05) is 6.54 Å². The van der Waals surface area contributed by atoms with E-state index in [9.17, 15) is 4.79 Å². The molecule has 1 aliphatic rings. The molecule has 1 amide bonds. The van der Waals surface area contributed by atoms with Gasteiger partial charge in [0.2, 0.25) is 0 Å². The lowest BCUT2D eigenvalue weighted by Gasteiger charge is -1.99. The number of hydrogen-bond donors (Lipinski definition) is 0. The lowest BCUT2D eigenvalue weighted by Crippen LogP contribution is -2.15. The third-order valence-electron chi connectivity index (χ3n) is 1.87. The molecule has 0 spiro atoms. The van der Waals surface area contributed by atoms with Gasteiger partial charge in [-0.05, 0) is 12.1 Å². The molecule has 1 aromatic rings. The van der Waals surface area contributed by atoms with Gasteiger partial charge >= 0.3 is 0 Å². The van der Waals surface area contributed by atoms with Crippen molar-refractivity contribution in [3.05, 3.63) is 23.0 Å². The van der Waals surface area contributed by atoms with Gasteiger partial charge in [0.25, 0.3) is 5.91 Å². The van der Waals surface area contributed by atoms with E-state index in [2.05, 4.69) is 10.2 Å². The second-order valence-corrected chi connectivity index (χ2v) is 3.23. The third-order valence-corrected chi connectivity index (χ3v) is 2.07. The normalized spacial score (nSPS) is 18.9. The van der Waals surface area contributed by atoms with Crippen LogP contribution < -0.4 is 0 Å². The summed E-state index contributed by atoms with van der Waals surface area (Å²) in [6.45, 7) is 0.472. The largest absolute Gasteiger partial charge is 0.316 e. The fourth-order valence-electron chi connectivity index (χ4n) is 1.05. The van der Waals surface area contributed by atoms with E-state index in [0.717, 1.165) is 0 Å². The van der Waals surface area contributed by atoms with Crippen molar-refractivity contribution in [3.63, 3.8) is 0 Å². The number of halogens is 1. The van der Waals surface area contributed by atoms with E-state index < -0.39 is 0 Å². The van der Waals surface area contributed by atoms with Crippen LogP contribution in [0.15, 0.2) is 12.1 Å². The quantitative estimate of drug-likeness (QED) is 0.630. The molecule has 0 bridgehead atoms. The first kappa shape index (κ1) is 8.91. The van der Waals surface area contributed by atoms with E-state index in [4.69, 9.17) is 16.9 Å². The van der Waals surface area contributed by atoms with E-state index in [1.807, 2.05) is 6.07 Å². The van der Waals surface area contributed by atoms with Gasteiger partial charge in [0, 0.05) is 0 Å². The maximum absolute atomic E-state index is 11.5. The Hall–Kier alpha value is -1.67. The highest BCUT2D eigenvalue weighted by atomic mass is 35.5. The summed E-state index contributed by atoms with van der Waals surface area (Å²) in [6, 6.07) is 4.66. The van der Waals surface area contributed by atoms with Gasteiger partial charge < -0.3 is 4.90 Å². The van der Waals surface area contributed by atoms with Gasteiger partial charge in [-0.15, -0.1) is 10.2 Å². The van der Waals surface area contributed by atoms with E-state index in [-0.39, 0.29) is 22.8 Å². The van der Waals surface area contributed by atoms with Crippen LogP contribution in [0.25, 0.3) is 0 Å². The van der Waals surface area contributed by atoms with Crippen molar-refractivity contribution in [1.29, 1.82) is 5.26 Å². The van der Waals surface area contributed by atoms with Crippen LogP contribution in [-0.4, -0.2) is 33.6 Å². The Morgan fingerprint density at radius 3 is 2.93 bits per heavy atom. The predicted octanol–water partition coefficient (Wildman–Crippen LogP) is 0.478. The lowest BCUT2D eigenvalue weighted by molar-refractivity contribution is 0.0873. The molecule has 5 nitrogen and oxygen atoms in total. The van der Waals surface area contributed by atoms with Gasteiger partial charge in [0.15, 0.2) is 10.8 Å². The number of nitriles is 1. The average Bonchev–Trinajstić information content (AvgIpc) is 2.97. The van der Waals surface area contributed by atoms with Crippen LogP contribution in [0, 0.1) is 11.3 Å². The highest BCUT2D eigenvalue weighted by Crippen LogP contribution is 2.19. The first-order chi connectivity index (χ1) is 6.72. The van der Waals surface area contributed by atoms with Crippen molar-refractivity contribution < 1.29 is 4.79 Å². The molecule has 0 N–H and O–H groups in total. The molecule has 6 heteroatoms. The number of aromatic nitrogens is 2. The van der Waals surface area contributed by atoms with Crippen molar-refractivity contribution >= 4 is 17.5 Å². The molecule has 1 fully saturated rings. The van der Waals surface area contributed by atoms with Gasteiger partial charge in [0.1, 0.15) is 6.04 Å². The van der Waals surface area contributed by atoms with Gasteiger partial charge in [-0.1, -0.05) is 11.6 Å². The number of amides is 1. The second-order valence-electron chi connectivity index (χ2n) is 2.84. The van der Waals surface area contributed by atoms with Crippen LogP contribution in [0.5, 0.6) is 0 Å². The maximum Gasteiger partial charge on any atom is 0.275 e. The van der Waals surface area contributed by atoms with E-state index in [1.165, 1.54) is 17.0 Å². The molecule has 0 aliphatic carbocycles. The van der Waals surface area contributed by atoms with E-state index in [0.29, 0.717) is 6.54 Å². The monoisotopic (exact) mass is 208 g/mol. The second kappa shape index (κ2) is 3.24. The Balaban J connectivity index is 2.14. The smallest absolute Gasteiger partial charge is 0.275 e. The number of hydrogen-bond acceptors (Lipinski definition) is 4. The number of rotatable bonds is 1. The summed E-state index contributed by atoms with van der Waals surface area (Å²) in [4.78, 5) is 12.9. The van der Waals surface area contributed by atoms with Crippen LogP contribution in [-0.2, 0) is 0 Å². The average molecular weight is 209 g/mol. The Labute approximate surface area is 84.9 Å². The fourth-order valence-corrected chi connectivity index (χ4v) is 1.15. The Morgan fingerprint density at radius 2 is 2.43 bits per heavy atom. The molecule has 1 unspecified atom stereocenters. The molecule has 1 atom stereocenters. The lowest BCUT2D eigenvalue weighted by atomic mass is 10.4. The van der Waals surface area contributed by atoms with Crippen molar-refractivity contribution in [2.24, 2.45) is 0 Å². The molecule has 2 rings (SSSR count). The Morgan fingerprint density at radius 1 is 1.64 bits per heavy atom. The van der Waals surface area contributed by atoms with Gasteiger partial charge in [-0.25, -0.2) is 0 Å². The summed E-state index contributed by atoms with van der Waals surface area (Å²) in [5.41, 5.74) is 0.215. The summed E-state index contributed by atoms with van der Waals surface area (Å²) in [6.07, 6.45) is 0. The summed E-state index contributed by atoms with van der Waals surface area (Å²) in [5, 5.41) is 15.9. The van der Waals surface area contributed by atoms with Crippen molar-refractivity contribution in [3.8, 4) is 6.07 Å². The van der Waals surface area contributed by atoms with Gasteiger partial charge in [-0.2, -0.15) is 5.26 Å². The molecule has 1 saturated heterocycles. The van der Waals surface area contributed by atoms with E-state index in [1.54, 1.807) is 0 Å². The van der Waals surface area contributed by atoms with Crippen LogP contribution in [0.2, 0.25) is 5.15 Å². The number of nitrogens with zero attached hydrogens (tertiary/aromatic N) is 4. The van der Waals surface area contributed by atoms with Crippen LogP contribution >= 0.6 is 11.6 Å². The number of carbonyl (C=O) groups is 1. The molecule has 70 valence electrons. The van der Waals surface area contributed by atoms with Crippen molar-refractivity contribution in [1.82, 2.24) is 15.1 Å². The topological polar surface area (TPSA) is 69.7 Å². The van der Waals surface area contributed by atoms with Gasteiger partial charge in [0.05, 0.1) is 12.6 Å². The minimum Gasteiger partial charge on any atom is -0.316 e. The molecular formula is C8H5ClN4O. The van der Waals surface area contributed by atoms with Gasteiger partial charge in [-0.3, -0.25) is 4.79 Å². The summed E-state index contributed by atoms with van der Waals surface area (Å²) < 4.78 is 0. The predicted molar refractivity (Wildman–Crippen MR) is 47.5 cm³/mol. The molecule has 0 radical (unpaired) electrons. The zero-order valence-corrected chi connectivity index (χ0v) is 7.77. The van der Waals surface area contributed by atoms with Crippen LogP contribution in [0.1, 0.15) is 10.5 Å². The fraction of sp³-hybridized carbons (Fsp3) is 0.250. The SMILES string of the molecule is N#CC1CN1C(=O)c1ccc(Cl)nn1. The Bertz CT molecular complexity index is 410. The summed E-state index contributed by atoms with van der Waals surface area (Å²) in [5.74, 6) is -0.277.